The minimum absolute atomic E-state index is 0.0734. The quantitative estimate of drug-likeness (QED) is 0.303. The standard InChI is InChI=1S/C27H19F4N3O2/c1-16-21(12-14-23(32-16)17-5-3-2-4-6-17)26(36)34-24-13-11-20(15-22(24)27(29,30)31)33-25(35)18-7-9-19(28)10-8-18/h2-15H,1H3,(H,33,35)(H,34,36). The highest BCUT2D eigenvalue weighted by atomic mass is 19.4. The van der Waals surface area contributed by atoms with Crippen LogP contribution in [0.5, 0.6) is 0 Å². The average molecular weight is 493 g/mol. The van der Waals surface area contributed by atoms with Gasteiger partial charge in [0.05, 0.1) is 28.2 Å². The number of benzene rings is 3. The molecule has 1 heterocycles. The summed E-state index contributed by atoms with van der Waals surface area (Å²) in [5.41, 5.74) is 0.260. The molecule has 4 rings (SSSR count). The number of anilines is 2. The lowest BCUT2D eigenvalue weighted by Crippen LogP contribution is -2.19. The van der Waals surface area contributed by atoms with E-state index in [0.29, 0.717) is 11.4 Å². The van der Waals surface area contributed by atoms with Crippen LogP contribution in [-0.4, -0.2) is 16.8 Å². The fourth-order valence-electron chi connectivity index (χ4n) is 3.53. The van der Waals surface area contributed by atoms with Gasteiger partial charge in [0.1, 0.15) is 5.82 Å². The van der Waals surface area contributed by atoms with Crippen LogP contribution in [-0.2, 0) is 6.18 Å². The number of hydrogen-bond acceptors (Lipinski definition) is 3. The first-order valence-corrected chi connectivity index (χ1v) is 10.7. The van der Waals surface area contributed by atoms with E-state index in [1.807, 2.05) is 30.3 Å². The molecule has 0 atom stereocenters. The van der Waals surface area contributed by atoms with Crippen LogP contribution in [0.3, 0.4) is 0 Å². The molecule has 1 aromatic heterocycles. The van der Waals surface area contributed by atoms with Gasteiger partial charge in [0.15, 0.2) is 0 Å². The first kappa shape index (κ1) is 24.6. The predicted molar refractivity (Wildman–Crippen MR) is 128 cm³/mol. The highest BCUT2D eigenvalue weighted by molar-refractivity contribution is 6.06. The molecular weight excluding hydrogens is 474 g/mol. The second kappa shape index (κ2) is 9.99. The van der Waals surface area contributed by atoms with E-state index in [4.69, 9.17) is 0 Å². The number of pyridine rings is 1. The highest BCUT2D eigenvalue weighted by Crippen LogP contribution is 2.37. The van der Waals surface area contributed by atoms with E-state index in [0.717, 1.165) is 29.8 Å². The summed E-state index contributed by atoms with van der Waals surface area (Å²) < 4.78 is 54.4. The average Bonchev–Trinajstić information content (AvgIpc) is 2.85. The molecule has 0 unspecified atom stereocenters. The smallest absolute Gasteiger partial charge is 0.322 e. The normalized spacial score (nSPS) is 11.1. The second-order valence-electron chi connectivity index (χ2n) is 7.87. The Morgan fingerprint density at radius 2 is 1.50 bits per heavy atom. The number of alkyl halides is 3. The van der Waals surface area contributed by atoms with Crippen LogP contribution in [0.2, 0.25) is 0 Å². The zero-order chi connectivity index (χ0) is 25.9. The molecule has 0 fully saturated rings. The topological polar surface area (TPSA) is 71.1 Å². The maximum absolute atomic E-state index is 13.8. The molecule has 5 nitrogen and oxygen atoms in total. The maximum atomic E-state index is 13.8. The van der Waals surface area contributed by atoms with E-state index in [1.165, 1.54) is 24.3 Å². The van der Waals surface area contributed by atoms with Gasteiger partial charge in [-0.25, -0.2) is 4.39 Å². The van der Waals surface area contributed by atoms with Gasteiger partial charge in [-0.1, -0.05) is 30.3 Å². The van der Waals surface area contributed by atoms with E-state index in [1.54, 1.807) is 13.0 Å². The molecule has 0 saturated carbocycles. The zero-order valence-corrected chi connectivity index (χ0v) is 18.9. The molecule has 0 radical (unpaired) electrons. The predicted octanol–water partition coefficient (Wildman–Crippen LogP) is 6.72. The molecule has 2 N–H and O–H groups in total. The molecular formula is C27H19F4N3O2. The highest BCUT2D eigenvalue weighted by Gasteiger charge is 2.34. The Morgan fingerprint density at radius 3 is 2.14 bits per heavy atom. The van der Waals surface area contributed by atoms with Gasteiger partial charge in [-0.05, 0) is 61.5 Å². The number of rotatable bonds is 5. The van der Waals surface area contributed by atoms with Crippen molar-refractivity contribution in [1.29, 1.82) is 0 Å². The van der Waals surface area contributed by atoms with Gasteiger partial charge in [-0.15, -0.1) is 0 Å². The van der Waals surface area contributed by atoms with E-state index >= 15 is 0 Å². The minimum atomic E-state index is -4.82. The molecule has 182 valence electrons. The van der Waals surface area contributed by atoms with Crippen molar-refractivity contribution >= 4 is 23.2 Å². The van der Waals surface area contributed by atoms with Crippen molar-refractivity contribution in [2.45, 2.75) is 13.1 Å². The number of nitrogens with one attached hydrogen (secondary N) is 2. The summed E-state index contributed by atoms with van der Waals surface area (Å²) in [7, 11) is 0. The third-order valence-corrected chi connectivity index (χ3v) is 5.34. The van der Waals surface area contributed by atoms with Crippen LogP contribution in [0.25, 0.3) is 11.3 Å². The van der Waals surface area contributed by atoms with Crippen molar-refractivity contribution < 1.29 is 27.2 Å². The van der Waals surface area contributed by atoms with Crippen molar-refractivity contribution in [3.63, 3.8) is 0 Å². The van der Waals surface area contributed by atoms with Crippen LogP contribution >= 0.6 is 0 Å². The SMILES string of the molecule is Cc1nc(-c2ccccc2)ccc1C(=O)Nc1ccc(NC(=O)c2ccc(F)cc2)cc1C(F)(F)F. The van der Waals surface area contributed by atoms with E-state index in [9.17, 15) is 27.2 Å². The summed E-state index contributed by atoms with van der Waals surface area (Å²) >= 11 is 0. The summed E-state index contributed by atoms with van der Waals surface area (Å²) in [5.74, 6) is -2.01. The van der Waals surface area contributed by atoms with Gasteiger partial charge in [0.2, 0.25) is 0 Å². The largest absolute Gasteiger partial charge is 0.418 e. The van der Waals surface area contributed by atoms with Gasteiger partial charge in [0.25, 0.3) is 11.8 Å². The van der Waals surface area contributed by atoms with Crippen LogP contribution in [0.15, 0.2) is 84.9 Å². The number of aryl methyl sites for hydroxylation is 1. The number of nitrogens with zero attached hydrogens (tertiary/aromatic N) is 1. The summed E-state index contributed by atoms with van der Waals surface area (Å²) in [5, 5.41) is 4.65. The maximum Gasteiger partial charge on any atom is 0.418 e. The number of amides is 2. The number of halogens is 4. The van der Waals surface area contributed by atoms with E-state index in [-0.39, 0.29) is 16.8 Å². The first-order chi connectivity index (χ1) is 17.1. The van der Waals surface area contributed by atoms with Crippen LogP contribution < -0.4 is 10.6 Å². The van der Waals surface area contributed by atoms with Gasteiger partial charge in [-0.2, -0.15) is 13.2 Å². The van der Waals surface area contributed by atoms with Gasteiger partial charge in [-0.3, -0.25) is 14.6 Å². The molecule has 0 spiro atoms. The Morgan fingerprint density at radius 1 is 0.806 bits per heavy atom. The van der Waals surface area contributed by atoms with Crippen molar-refractivity contribution in [2.75, 3.05) is 10.6 Å². The Bertz CT molecular complexity index is 1420. The lowest BCUT2D eigenvalue weighted by atomic mass is 10.1. The van der Waals surface area contributed by atoms with E-state index in [2.05, 4.69) is 15.6 Å². The number of carbonyl (C=O) groups is 2. The molecule has 9 heteroatoms. The van der Waals surface area contributed by atoms with Crippen LogP contribution in [0.4, 0.5) is 28.9 Å². The molecule has 4 aromatic rings. The lowest BCUT2D eigenvalue weighted by Gasteiger charge is -2.16. The third-order valence-electron chi connectivity index (χ3n) is 5.34. The van der Waals surface area contributed by atoms with Gasteiger partial charge >= 0.3 is 6.18 Å². The monoisotopic (exact) mass is 493 g/mol. The fourth-order valence-corrected chi connectivity index (χ4v) is 3.53. The molecule has 0 aliphatic carbocycles. The Hall–Kier alpha value is -4.53. The Labute approximate surface area is 203 Å². The lowest BCUT2D eigenvalue weighted by molar-refractivity contribution is -0.136. The molecule has 3 aromatic carbocycles. The molecule has 0 bridgehead atoms. The summed E-state index contributed by atoms with van der Waals surface area (Å²) in [4.78, 5) is 29.5. The second-order valence-corrected chi connectivity index (χ2v) is 7.87. The Balaban J connectivity index is 1.57. The van der Waals surface area contributed by atoms with Crippen molar-refractivity contribution in [2.24, 2.45) is 0 Å². The Kier molecular flexibility index (Phi) is 6.82. The zero-order valence-electron chi connectivity index (χ0n) is 18.9. The van der Waals surface area contributed by atoms with Gasteiger partial charge in [0, 0.05) is 16.8 Å². The summed E-state index contributed by atoms with van der Waals surface area (Å²) in [6.07, 6.45) is -4.82. The number of hydrogen-bond donors (Lipinski definition) is 2. The van der Waals surface area contributed by atoms with Crippen LogP contribution in [0.1, 0.15) is 32.0 Å². The number of aromatic nitrogens is 1. The summed E-state index contributed by atoms with van der Waals surface area (Å²) in [6.45, 7) is 1.60. The number of carbonyl (C=O) groups excluding carboxylic acids is 2. The van der Waals surface area contributed by atoms with Crippen molar-refractivity contribution in [1.82, 2.24) is 4.98 Å². The van der Waals surface area contributed by atoms with Crippen molar-refractivity contribution in [3.8, 4) is 11.3 Å². The van der Waals surface area contributed by atoms with Gasteiger partial charge < -0.3 is 10.6 Å². The minimum Gasteiger partial charge on any atom is -0.322 e. The molecule has 0 aliphatic heterocycles. The van der Waals surface area contributed by atoms with Crippen molar-refractivity contribution in [3.05, 3.63) is 113 Å². The van der Waals surface area contributed by atoms with Crippen LogP contribution in [0, 0.1) is 12.7 Å². The first-order valence-electron chi connectivity index (χ1n) is 10.7. The fraction of sp³-hybridized carbons (Fsp3) is 0.0741. The van der Waals surface area contributed by atoms with E-state index < -0.39 is 35.1 Å². The third kappa shape index (κ3) is 5.57. The summed E-state index contributed by atoms with van der Waals surface area (Å²) in [6, 6.07) is 20.0. The molecule has 2 amide bonds. The molecule has 0 saturated heterocycles. The molecule has 36 heavy (non-hydrogen) atoms. The molecule has 0 aliphatic rings.